The number of methoxy groups -OCH3 is 1. The van der Waals surface area contributed by atoms with Gasteiger partial charge in [-0.2, -0.15) is 5.26 Å². The number of hydrogen-bond acceptors (Lipinski definition) is 4. The van der Waals surface area contributed by atoms with Crippen molar-refractivity contribution in [2.75, 3.05) is 26.5 Å². The van der Waals surface area contributed by atoms with Gasteiger partial charge in [-0.3, -0.25) is 4.79 Å². The van der Waals surface area contributed by atoms with Crippen molar-refractivity contribution < 1.29 is 9.53 Å². The van der Waals surface area contributed by atoms with Gasteiger partial charge in [0.15, 0.2) is 0 Å². The number of rotatable bonds is 5. The first kappa shape index (κ1) is 13.8. The molecule has 0 saturated carbocycles. The van der Waals surface area contributed by atoms with Gasteiger partial charge in [-0.1, -0.05) is 0 Å². The lowest BCUT2D eigenvalue weighted by Gasteiger charge is -2.15. The van der Waals surface area contributed by atoms with Crippen LogP contribution in [0.1, 0.15) is 6.42 Å². The van der Waals surface area contributed by atoms with Gasteiger partial charge in [0.25, 0.3) is 0 Å². The van der Waals surface area contributed by atoms with Gasteiger partial charge in [-0.15, -0.1) is 0 Å². The van der Waals surface area contributed by atoms with E-state index in [4.69, 9.17) is 10.00 Å². The minimum absolute atomic E-state index is 0.0810. The van der Waals surface area contributed by atoms with Gasteiger partial charge in [-0.05, 0) is 24.3 Å². The molecule has 1 N–H and O–H groups in total. The summed E-state index contributed by atoms with van der Waals surface area (Å²) < 4.78 is 5.04. The van der Waals surface area contributed by atoms with Gasteiger partial charge < -0.3 is 15.0 Å². The predicted octanol–water partition coefficient (Wildman–Crippen LogP) is 1.48. The zero-order chi connectivity index (χ0) is 13.5. The second kappa shape index (κ2) is 6.50. The van der Waals surface area contributed by atoms with E-state index in [0.29, 0.717) is 0 Å². The van der Waals surface area contributed by atoms with Crippen LogP contribution in [0.2, 0.25) is 0 Å². The average Bonchev–Trinajstić information content (AvgIpc) is 2.38. The molecule has 18 heavy (non-hydrogen) atoms. The van der Waals surface area contributed by atoms with Crippen LogP contribution in [0.3, 0.4) is 0 Å². The highest BCUT2D eigenvalue weighted by Gasteiger charge is 2.14. The van der Waals surface area contributed by atoms with Crippen LogP contribution in [0.25, 0.3) is 0 Å². The Morgan fingerprint density at radius 2 is 2.06 bits per heavy atom. The molecule has 1 aromatic carbocycles. The molecule has 1 amide bonds. The summed E-state index contributed by atoms with van der Waals surface area (Å²) in [6, 6.07) is 8.75. The normalized spacial score (nSPS) is 11.2. The predicted molar refractivity (Wildman–Crippen MR) is 69.3 cm³/mol. The Hall–Kier alpha value is -2.22. The summed E-state index contributed by atoms with van der Waals surface area (Å²) >= 11 is 0. The Balaban J connectivity index is 2.62. The summed E-state index contributed by atoms with van der Waals surface area (Å²) in [7, 11) is 4.94. The first-order valence-corrected chi connectivity index (χ1v) is 5.57. The van der Waals surface area contributed by atoms with Crippen LogP contribution in [-0.4, -0.2) is 38.1 Å². The third-order valence-electron chi connectivity index (χ3n) is 2.46. The van der Waals surface area contributed by atoms with Gasteiger partial charge in [0, 0.05) is 19.8 Å². The van der Waals surface area contributed by atoms with Crippen molar-refractivity contribution in [2.24, 2.45) is 0 Å². The van der Waals surface area contributed by atoms with E-state index in [1.165, 1.54) is 4.90 Å². The summed E-state index contributed by atoms with van der Waals surface area (Å²) in [6.07, 6.45) is 0.148. The fraction of sp³-hybridized carbons (Fsp3) is 0.385. The average molecular weight is 247 g/mol. The molecule has 0 spiro atoms. The first-order valence-electron chi connectivity index (χ1n) is 5.57. The highest BCUT2D eigenvalue weighted by atomic mass is 16.5. The molecule has 0 aliphatic heterocycles. The van der Waals surface area contributed by atoms with E-state index in [1.54, 1.807) is 33.3 Å². The van der Waals surface area contributed by atoms with Crippen LogP contribution in [0, 0.1) is 11.3 Å². The van der Waals surface area contributed by atoms with Crippen molar-refractivity contribution >= 4 is 11.6 Å². The number of carbonyl (C=O) groups excluding carboxylic acids is 1. The number of nitrogens with zero attached hydrogens (tertiary/aromatic N) is 2. The van der Waals surface area contributed by atoms with E-state index in [2.05, 4.69) is 11.4 Å². The minimum atomic E-state index is -0.534. The molecule has 0 heterocycles. The first-order chi connectivity index (χ1) is 8.56. The molecule has 0 saturated heterocycles. The maximum Gasteiger partial charge on any atom is 0.225 e. The molecule has 0 radical (unpaired) electrons. The zero-order valence-corrected chi connectivity index (χ0v) is 10.8. The summed E-state index contributed by atoms with van der Waals surface area (Å²) in [6.45, 7) is 0. The van der Waals surface area contributed by atoms with E-state index in [1.807, 2.05) is 12.1 Å². The Morgan fingerprint density at radius 3 is 2.50 bits per heavy atom. The van der Waals surface area contributed by atoms with Crippen LogP contribution < -0.4 is 10.1 Å². The molecule has 0 fully saturated rings. The number of anilines is 1. The monoisotopic (exact) mass is 247 g/mol. The molecule has 1 atom stereocenters. The molecule has 5 nitrogen and oxygen atoms in total. The standard InChI is InChI=1S/C13H17N3O2/c1-16(2)13(17)8-11(9-14)15-10-4-6-12(18-3)7-5-10/h4-7,11,15H,8H2,1-3H3. The topological polar surface area (TPSA) is 65.4 Å². The van der Waals surface area contributed by atoms with Crippen molar-refractivity contribution in [3.05, 3.63) is 24.3 Å². The van der Waals surface area contributed by atoms with Gasteiger partial charge >= 0.3 is 0 Å². The Morgan fingerprint density at radius 1 is 1.44 bits per heavy atom. The molecule has 96 valence electrons. The minimum Gasteiger partial charge on any atom is -0.497 e. The van der Waals surface area contributed by atoms with Crippen LogP contribution >= 0.6 is 0 Å². The number of nitrogens with one attached hydrogen (secondary N) is 1. The molecule has 1 rings (SSSR count). The number of benzene rings is 1. The van der Waals surface area contributed by atoms with Crippen LogP contribution in [-0.2, 0) is 4.79 Å². The van der Waals surface area contributed by atoms with Crippen molar-refractivity contribution in [2.45, 2.75) is 12.5 Å². The highest BCUT2D eigenvalue weighted by Crippen LogP contribution is 2.16. The van der Waals surface area contributed by atoms with Crippen LogP contribution in [0.15, 0.2) is 24.3 Å². The second-order valence-corrected chi connectivity index (χ2v) is 4.05. The SMILES string of the molecule is COc1ccc(NC(C#N)CC(=O)N(C)C)cc1. The largest absolute Gasteiger partial charge is 0.497 e. The van der Waals surface area contributed by atoms with E-state index in [0.717, 1.165) is 11.4 Å². The van der Waals surface area contributed by atoms with Crippen molar-refractivity contribution in [3.63, 3.8) is 0 Å². The van der Waals surface area contributed by atoms with Gasteiger partial charge in [-0.25, -0.2) is 0 Å². The van der Waals surface area contributed by atoms with E-state index < -0.39 is 6.04 Å². The lowest BCUT2D eigenvalue weighted by Crippen LogP contribution is -2.29. The fourth-order valence-corrected chi connectivity index (χ4v) is 1.37. The van der Waals surface area contributed by atoms with Crippen molar-refractivity contribution in [1.82, 2.24) is 4.90 Å². The maximum absolute atomic E-state index is 11.5. The summed E-state index contributed by atoms with van der Waals surface area (Å²) in [5.74, 6) is 0.668. The lowest BCUT2D eigenvalue weighted by molar-refractivity contribution is -0.128. The molecule has 1 aromatic rings. The Bertz CT molecular complexity index is 435. The van der Waals surface area contributed by atoms with Gasteiger partial charge in [0.1, 0.15) is 11.8 Å². The third-order valence-corrected chi connectivity index (χ3v) is 2.46. The summed E-state index contributed by atoms with van der Waals surface area (Å²) in [5.41, 5.74) is 0.786. The Labute approximate surface area is 107 Å². The van der Waals surface area contributed by atoms with E-state index in [9.17, 15) is 4.79 Å². The van der Waals surface area contributed by atoms with E-state index in [-0.39, 0.29) is 12.3 Å². The summed E-state index contributed by atoms with van der Waals surface area (Å²) in [5, 5.41) is 12.0. The molecule has 0 aliphatic rings. The molecule has 0 aliphatic carbocycles. The quantitative estimate of drug-likeness (QED) is 0.855. The summed E-state index contributed by atoms with van der Waals surface area (Å²) in [4.78, 5) is 13.0. The molecular weight excluding hydrogens is 230 g/mol. The number of ether oxygens (including phenoxy) is 1. The van der Waals surface area contributed by atoms with Gasteiger partial charge in [0.05, 0.1) is 19.6 Å². The smallest absolute Gasteiger partial charge is 0.225 e. The second-order valence-electron chi connectivity index (χ2n) is 4.05. The van der Waals surface area contributed by atoms with Crippen LogP contribution in [0.5, 0.6) is 5.75 Å². The van der Waals surface area contributed by atoms with Crippen molar-refractivity contribution in [3.8, 4) is 11.8 Å². The third kappa shape index (κ3) is 3.98. The van der Waals surface area contributed by atoms with Gasteiger partial charge in [0.2, 0.25) is 5.91 Å². The Kier molecular flexibility index (Phi) is 5.00. The van der Waals surface area contributed by atoms with Crippen molar-refractivity contribution in [1.29, 1.82) is 5.26 Å². The molecule has 1 unspecified atom stereocenters. The molecular formula is C13H17N3O2. The number of nitriles is 1. The molecule has 0 bridgehead atoms. The number of hydrogen-bond donors (Lipinski definition) is 1. The lowest BCUT2D eigenvalue weighted by atomic mass is 10.2. The molecule has 0 aromatic heterocycles. The zero-order valence-electron chi connectivity index (χ0n) is 10.8. The van der Waals surface area contributed by atoms with E-state index >= 15 is 0 Å². The number of carbonyl (C=O) groups is 1. The highest BCUT2D eigenvalue weighted by molar-refractivity contribution is 5.77. The van der Waals surface area contributed by atoms with Crippen LogP contribution in [0.4, 0.5) is 5.69 Å². The maximum atomic E-state index is 11.5. The number of amides is 1. The fourth-order valence-electron chi connectivity index (χ4n) is 1.37. The molecule has 5 heteroatoms.